The van der Waals surface area contributed by atoms with Gasteiger partial charge in [-0.05, 0) is 6.07 Å². The van der Waals surface area contributed by atoms with E-state index in [0.29, 0.717) is 17.4 Å². The van der Waals surface area contributed by atoms with Crippen molar-refractivity contribution in [2.45, 2.75) is 12.7 Å². The molecule has 1 aromatic carbocycles. The minimum absolute atomic E-state index is 0.0516. The lowest BCUT2D eigenvalue weighted by Crippen LogP contribution is -2.16. The number of benzene rings is 1. The van der Waals surface area contributed by atoms with Crippen molar-refractivity contribution in [3.8, 4) is 5.75 Å². The molecule has 0 aliphatic rings. The van der Waals surface area contributed by atoms with Crippen LogP contribution < -0.4 is 5.63 Å². The van der Waals surface area contributed by atoms with Crippen LogP contribution in [-0.4, -0.2) is 25.6 Å². The first-order valence-electron chi connectivity index (χ1n) is 5.46. The van der Waals surface area contributed by atoms with Crippen LogP contribution in [-0.2, 0) is 15.9 Å². The highest BCUT2D eigenvalue weighted by atomic mass is 16.7. The smallest absolute Gasteiger partial charge is 0.336 e. The molecule has 96 valence electrons. The van der Waals surface area contributed by atoms with Crippen molar-refractivity contribution in [2.24, 2.45) is 0 Å². The molecule has 2 rings (SSSR count). The summed E-state index contributed by atoms with van der Waals surface area (Å²) in [5.74, 6) is -0.0516. The van der Waals surface area contributed by atoms with Crippen molar-refractivity contribution in [2.75, 3.05) is 14.2 Å². The fourth-order valence-corrected chi connectivity index (χ4v) is 1.77. The van der Waals surface area contributed by atoms with Gasteiger partial charge >= 0.3 is 5.63 Å². The van der Waals surface area contributed by atoms with E-state index in [1.54, 1.807) is 18.2 Å². The Balaban J connectivity index is 2.47. The number of phenols is 1. The van der Waals surface area contributed by atoms with E-state index < -0.39 is 11.9 Å². The van der Waals surface area contributed by atoms with Crippen LogP contribution in [0.15, 0.2) is 33.5 Å². The average Bonchev–Trinajstić information content (AvgIpc) is 2.39. The van der Waals surface area contributed by atoms with Crippen LogP contribution in [0.25, 0.3) is 11.0 Å². The van der Waals surface area contributed by atoms with E-state index in [0.717, 1.165) is 0 Å². The van der Waals surface area contributed by atoms with Gasteiger partial charge in [0.1, 0.15) is 0 Å². The normalized spacial score (nSPS) is 11.3. The summed E-state index contributed by atoms with van der Waals surface area (Å²) in [6.45, 7) is 0. The third-order valence-electron chi connectivity index (χ3n) is 2.76. The minimum atomic E-state index is -0.495. The van der Waals surface area contributed by atoms with Crippen LogP contribution in [0.5, 0.6) is 5.75 Å². The second-order valence-corrected chi connectivity index (χ2v) is 3.85. The first kappa shape index (κ1) is 12.6. The Morgan fingerprint density at radius 2 is 1.89 bits per heavy atom. The summed E-state index contributed by atoms with van der Waals surface area (Å²) in [7, 11) is 3.04. The number of fused-ring (bicyclic) bond motifs is 1. The summed E-state index contributed by atoms with van der Waals surface area (Å²) in [6.07, 6.45) is -0.0864. The molecule has 0 fully saturated rings. The number of hydrogen-bond donors (Lipinski definition) is 1. The molecule has 0 amide bonds. The molecule has 18 heavy (non-hydrogen) atoms. The molecule has 0 spiro atoms. The maximum atomic E-state index is 11.2. The van der Waals surface area contributed by atoms with Gasteiger partial charge < -0.3 is 19.0 Å². The molecule has 1 N–H and O–H groups in total. The van der Waals surface area contributed by atoms with E-state index in [-0.39, 0.29) is 11.3 Å². The third-order valence-corrected chi connectivity index (χ3v) is 2.76. The summed E-state index contributed by atoms with van der Waals surface area (Å²) >= 11 is 0. The van der Waals surface area contributed by atoms with Gasteiger partial charge in [0.15, 0.2) is 17.6 Å². The summed E-state index contributed by atoms with van der Waals surface area (Å²) in [5, 5.41) is 10.7. The zero-order valence-electron chi connectivity index (χ0n) is 10.2. The maximum Gasteiger partial charge on any atom is 0.336 e. The Hall–Kier alpha value is -1.85. The van der Waals surface area contributed by atoms with Crippen molar-refractivity contribution < 1.29 is 19.0 Å². The average molecular weight is 250 g/mol. The molecular weight excluding hydrogens is 236 g/mol. The largest absolute Gasteiger partial charge is 0.504 e. The third kappa shape index (κ3) is 2.37. The molecule has 0 atom stereocenters. The lowest BCUT2D eigenvalue weighted by Gasteiger charge is -2.14. The SMILES string of the molecule is COC(Cc1ccc2ccc(=O)oc2c1O)OC. The molecule has 0 radical (unpaired) electrons. The molecule has 5 nitrogen and oxygen atoms in total. The van der Waals surface area contributed by atoms with Crippen molar-refractivity contribution >= 4 is 11.0 Å². The van der Waals surface area contributed by atoms with E-state index in [1.165, 1.54) is 20.3 Å². The number of ether oxygens (including phenoxy) is 2. The lowest BCUT2D eigenvalue weighted by atomic mass is 10.1. The molecule has 0 saturated heterocycles. The highest BCUT2D eigenvalue weighted by Crippen LogP contribution is 2.28. The van der Waals surface area contributed by atoms with Crippen LogP contribution in [0.1, 0.15) is 5.56 Å². The molecule has 0 aliphatic heterocycles. The molecule has 0 bridgehead atoms. The predicted octanol–water partition coefficient (Wildman–Crippen LogP) is 1.66. The van der Waals surface area contributed by atoms with Crippen LogP contribution in [0.2, 0.25) is 0 Å². The monoisotopic (exact) mass is 250 g/mol. The first-order valence-corrected chi connectivity index (χ1v) is 5.46. The van der Waals surface area contributed by atoms with Gasteiger partial charge in [-0.15, -0.1) is 0 Å². The zero-order valence-corrected chi connectivity index (χ0v) is 10.2. The Morgan fingerprint density at radius 1 is 1.22 bits per heavy atom. The van der Waals surface area contributed by atoms with Gasteiger partial charge in [0.25, 0.3) is 0 Å². The van der Waals surface area contributed by atoms with Crippen molar-refractivity contribution in [3.63, 3.8) is 0 Å². The summed E-state index contributed by atoms with van der Waals surface area (Å²) in [6, 6.07) is 6.45. The Labute approximate surface area is 104 Å². The van der Waals surface area contributed by atoms with E-state index in [4.69, 9.17) is 13.9 Å². The van der Waals surface area contributed by atoms with Gasteiger partial charge in [0.05, 0.1) is 0 Å². The van der Waals surface area contributed by atoms with Crippen molar-refractivity contribution in [3.05, 3.63) is 40.2 Å². The number of phenolic OH excluding ortho intramolecular Hbond substituents is 1. The van der Waals surface area contributed by atoms with Crippen LogP contribution in [0, 0.1) is 0 Å². The number of hydrogen-bond acceptors (Lipinski definition) is 5. The molecular formula is C13H14O5. The Bertz CT molecular complexity index is 598. The molecule has 0 unspecified atom stereocenters. The van der Waals surface area contributed by atoms with Crippen molar-refractivity contribution in [1.29, 1.82) is 0 Å². The molecule has 2 aromatic rings. The molecule has 1 heterocycles. The predicted molar refractivity (Wildman–Crippen MR) is 65.7 cm³/mol. The quantitative estimate of drug-likeness (QED) is 0.660. The number of methoxy groups -OCH3 is 2. The maximum absolute atomic E-state index is 11.2. The molecule has 1 aromatic heterocycles. The van der Waals surface area contributed by atoms with Gasteiger partial charge in [-0.3, -0.25) is 0 Å². The summed E-state index contributed by atoms with van der Waals surface area (Å²) in [4.78, 5) is 11.2. The topological polar surface area (TPSA) is 68.9 Å². The second kappa shape index (κ2) is 5.20. The van der Waals surface area contributed by atoms with Gasteiger partial charge in [0, 0.05) is 37.7 Å². The van der Waals surface area contributed by atoms with Crippen molar-refractivity contribution in [1.82, 2.24) is 0 Å². The second-order valence-electron chi connectivity index (χ2n) is 3.85. The fraction of sp³-hybridized carbons (Fsp3) is 0.308. The van der Waals surface area contributed by atoms with Gasteiger partial charge in [-0.1, -0.05) is 12.1 Å². The van der Waals surface area contributed by atoms with Crippen LogP contribution in [0.4, 0.5) is 0 Å². The lowest BCUT2D eigenvalue weighted by molar-refractivity contribution is -0.100. The molecule has 0 aliphatic carbocycles. The summed E-state index contributed by atoms with van der Waals surface area (Å²) in [5.41, 5.74) is 0.293. The summed E-state index contributed by atoms with van der Waals surface area (Å²) < 4.78 is 15.1. The Kier molecular flexibility index (Phi) is 3.64. The van der Waals surface area contributed by atoms with Crippen LogP contribution in [0.3, 0.4) is 0 Å². The zero-order chi connectivity index (χ0) is 13.1. The standard InChI is InChI=1S/C13H14O5/c1-16-11(17-2)7-9-4-3-8-5-6-10(14)18-13(8)12(9)15/h3-6,11,15H,7H2,1-2H3. The van der Waals surface area contributed by atoms with E-state index in [9.17, 15) is 9.90 Å². The highest BCUT2D eigenvalue weighted by molar-refractivity contribution is 5.83. The fourth-order valence-electron chi connectivity index (χ4n) is 1.77. The van der Waals surface area contributed by atoms with Gasteiger partial charge in [-0.25, -0.2) is 4.79 Å². The van der Waals surface area contributed by atoms with E-state index >= 15 is 0 Å². The number of rotatable bonds is 4. The van der Waals surface area contributed by atoms with E-state index in [1.807, 2.05) is 0 Å². The molecule has 5 heteroatoms. The van der Waals surface area contributed by atoms with E-state index in [2.05, 4.69) is 0 Å². The van der Waals surface area contributed by atoms with Crippen LogP contribution >= 0.6 is 0 Å². The van der Waals surface area contributed by atoms with Gasteiger partial charge in [-0.2, -0.15) is 0 Å². The first-order chi connectivity index (χ1) is 8.65. The highest BCUT2D eigenvalue weighted by Gasteiger charge is 2.14. The van der Waals surface area contributed by atoms with Gasteiger partial charge in [0.2, 0.25) is 0 Å². The number of aromatic hydroxyl groups is 1. The Morgan fingerprint density at radius 3 is 2.56 bits per heavy atom. The minimum Gasteiger partial charge on any atom is -0.504 e. The molecule has 0 saturated carbocycles.